The van der Waals surface area contributed by atoms with E-state index in [1.165, 1.54) is 5.13 Å². The van der Waals surface area contributed by atoms with Crippen LogP contribution in [0.25, 0.3) is 0 Å². The van der Waals surface area contributed by atoms with Crippen LogP contribution in [0.4, 0.5) is 5.13 Å². The third kappa shape index (κ3) is 1.84. The molecule has 1 aromatic rings. The summed E-state index contributed by atoms with van der Waals surface area (Å²) < 4.78 is 0. The number of hydrogen-bond donors (Lipinski definition) is 1. The first kappa shape index (κ1) is 8.97. The van der Waals surface area contributed by atoms with E-state index in [2.05, 4.69) is 27.5 Å². The van der Waals surface area contributed by atoms with Crippen LogP contribution in [0.3, 0.4) is 0 Å². The minimum atomic E-state index is 0.569. The van der Waals surface area contributed by atoms with Crippen molar-refractivity contribution in [1.29, 1.82) is 0 Å². The maximum absolute atomic E-state index is 4.50. The number of aryl methyl sites for hydroxylation is 1. The van der Waals surface area contributed by atoms with Gasteiger partial charge in [0.25, 0.3) is 0 Å². The molecule has 0 amide bonds. The molecule has 0 bridgehead atoms. The number of rotatable bonds is 1. The van der Waals surface area contributed by atoms with Crippen molar-refractivity contribution in [3.63, 3.8) is 0 Å². The van der Waals surface area contributed by atoms with Gasteiger partial charge in [0.15, 0.2) is 5.13 Å². The Morgan fingerprint density at radius 3 is 3.15 bits per heavy atom. The summed E-state index contributed by atoms with van der Waals surface area (Å²) in [6.07, 6.45) is 0. The van der Waals surface area contributed by atoms with Gasteiger partial charge in [-0.15, -0.1) is 11.3 Å². The number of piperazine rings is 1. The Balaban J connectivity index is 2.14. The Bertz CT molecular complexity index is 284. The van der Waals surface area contributed by atoms with Crippen molar-refractivity contribution >= 4 is 16.5 Å². The molecule has 72 valence electrons. The second-order valence-corrected chi connectivity index (χ2v) is 4.35. The molecule has 2 rings (SSSR count). The van der Waals surface area contributed by atoms with Crippen LogP contribution in [0.5, 0.6) is 0 Å². The van der Waals surface area contributed by atoms with Gasteiger partial charge < -0.3 is 10.2 Å². The molecule has 0 aliphatic carbocycles. The second kappa shape index (κ2) is 3.64. The molecule has 0 saturated carbocycles. The van der Waals surface area contributed by atoms with Gasteiger partial charge in [0, 0.05) is 31.1 Å². The van der Waals surface area contributed by atoms with Gasteiger partial charge in [-0.1, -0.05) is 0 Å². The van der Waals surface area contributed by atoms with Gasteiger partial charge in [-0.05, 0) is 13.8 Å². The van der Waals surface area contributed by atoms with E-state index in [0.29, 0.717) is 6.04 Å². The highest BCUT2D eigenvalue weighted by Crippen LogP contribution is 2.22. The van der Waals surface area contributed by atoms with E-state index in [9.17, 15) is 0 Å². The van der Waals surface area contributed by atoms with Crippen LogP contribution in [0.1, 0.15) is 12.6 Å². The molecule has 1 unspecified atom stereocenters. The van der Waals surface area contributed by atoms with Gasteiger partial charge in [0.2, 0.25) is 0 Å². The SMILES string of the molecule is Cc1csc(N2CCNCC2C)n1. The first-order valence-electron chi connectivity index (χ1n) is 4.67. The molecule has 1 aliphatic rings. The Morgan fingerprint density at radius 1 is 1.69 bits per heavy atom. The lowest BCUT2D eigenvalue weighted by atomic mass is 10.2. The normalized spacial score (nSPS) is 23.5. The van der Waals surface area contributed by atoms with Crippen LogP contribution >= 0.6 is 11.3 Å². The third-order valence-electron chi connectivity index (χ3n) is 2.35. The average molecular weight is 197 g/mol. The molecule has 0 spiro atoms. The van der Waals surface area contributed by atoms with Crippen LogP contribution in [0, 0.1) is 6.92 Å². The van der Waals surface area contributed by atoms with Crippen molar-refractivity contribution in [3.8, 4) is 0 Å². The summed E-state index contributed by atoms with van der Waals surface area (Å²) in [5, 5.41) is 6.66. The zero-order chi connectivity index (χ0) is 9.26. The summed E-state index contributed by atoms with van der Waals surface area (Å²) in [5.41, 5.74) is 1.13. The molecule has 1 atom stereocenters. The van der Waals surface area contributed by atoms with E-state index in [-0.39, 0.29) is 0 Å². The Kier molecular flexibility index (Phi) is 2.51. The van der Waals surface area contributed by atoms with E-state index >= 15 is 0 Å². The lowest BCUT2D eigenvalue weighted by Gasteiger charge is -2.33. The van der Waals surface area contributed by atoms with Crippen molar-refractivity contribution in [2.45, 2.75) is 19.9 Å². The van der Waals surface area contributed by atoms with Gasteiger partial charge in [-0.3, -0.25) is 0 Å². The predicted octanol–water partition coefficient (Wildman–Crippen LogP) is 1.25. The Morgan fingerprint density at radius 2 is 2.54 bits per heavy atom. The average Bonchev–Trinajstić information content (AvgIpc) is 2.53. The van der Waals surface area contributed by atoms with Gasteiger partial charge in [-0.25, -0.2) is 4.98 Å². The molecule has 1 fully saturated rings. The molecule has 1 aliphatic heterocycles. The summed E-state index contributed by atoms with van der Waals surface area (Å²) in [6.45, 7) is 7.51. The Hall–Kier alpha value is -0.610. The molecule has 4 heteroatoms. The Labute approximate surface area is 82.8 Å². The number of hydrogen-bond acceptors (Lipinski definition) is 4. The molecule has 0 radical (unpaired) electrons. The van der Waals surface area contributed by atoms with E-state index in [1.54, 1.807) is 11.3 Å². The van der Waals surface area contributed by atoms with Crippen LogP contribution in [0.2, 0.25) is 0 Å². The highest BCUT2D eigenvalue weighted by molar-refractivity contribution is 7.13. The third-order valence-corrected chi connectivity index (χ3v) is 3.35. The number of nitrogens with one attached hydrogen (secondary N) is 1. The molecule has 2 heterocycles. The quantitative estimate of drug-likeness (QED) is 0.734. The minimum Gasteiger partial charge on any atom is -0.343 e. The van der Waals surface area contributed by atoms with Crippen LogP contribution < -0.4 is 10.2 Å². The second-order valence-electron chi connectivity index (χ2n) is 3.52. The molecule has 13 heavy (non-hydrogen) atoms. The van der Waals surface area contributed by atoms with Gasteiger partial charge in [-0.2, -0.15) is 0 Å². The van der Waals surface area contributed by atoms with Crippen molar-refractivity contribution in [2.24, 2.45) is 0 Å². The van der Waals surface area contributed by atoms with Crippen molar-refractivity contribution in [2.75, 3.05) is 24.5 Å². The van der Waals surface area contributed by atoms with Crippen molar-refractivity contribution in [3.05, 3.63) is 11.1 Å². The number of aromatic nitrogens is 1. The summed E-state index contributed by atoms with van der Waals surface area (Å²) in [5.74, 6) is 0. The zero-order valence-electron chi connectivity index (χ0n) is 8.08. The van der Waals surface area contributed by atoms with E-state index in [0.717, 1.165) is 25.3 Å². The molecule has 0 aromatic carbocycles. The molecular formula is C9H15N3S. The minimum absolute atomic E-state index is 0.569. The van der Waals surface area contributed by atoms with Crippen molar-refractivity contribution < 1.29 is 0 Å². The van der Waals surface area contributed by atoms with Crippen LogP contribution in [-0.2, 0) is 0 Å². The number of thiazole rings is 1. The highest BCUT2D eigenvalue weighted by Gasteiger charge is 2.19. The first-order valence-corrected chi connectivity index (χ1v) is 5.55. The van der Waals surface area contributed by atoms with Gasteiger partial charge in [0.1, 0.15) is 0 Å². The lowest BCUT2D eigenvalue weighted by molar-refractivity contribution is 0.500. The van der Waals surface area contributed by atoms with E-state index in [4.69, 9.17) is 0 Å². The van der Waals surface area contributed by atoms with E-state index in [1.807, 2.05) is 6.92 Å². The lowest BCUT2D eigenvalue weighted by Crippen LogP contribution is -2.49. The maximum atomic E-state index is 4.50. The van der Waals surface area contributed by atoms with Gasteiger partial charge >= 0.3 is 0 Å². The van der Waals surface area contributed by atoms with Crippen molar-refractivity contribution in [1.82, 2.24) is 10.3 Å². The standard InChI is InChI=1S/C9H15N3S/c1-7-6-13-9(11-7)12-4-3-10-5-8(12)2/h6,8,10H,3-5H2,1-2H3. The number of nitrogens with zero attached hydrogens (tertiary/aromatic N) is 2. The molecular weight excluding hydrogens is 182 g/mol. The summed E-state index contributed by atoms with van der Waals surface area (Å²) in [4.78, 5) is 6.88. The topological polar surface area (TPSA) is 28.2 Å². The maximum Gasteiger partial charge on any atom is 0.185 e. The van der Waals surface area contributed by atoms with E-state index < -0.39 is 0 Å². The predicted molar refractivity (Wildman–Crippen MR) is 56.5 cm³/mol. The monoisotopic (exact) mass is 197 g/mol. The fourth-order valence-corrected chi connectivity index (χ4v) is 2.53. The fraction of sp³-hybridized carbons (Fsp3) is 0.667. The fourth-order valence-electron chi connectivity index (χ4n) is 1.60. The molecule has 1 aromatic heterocycles. The first-order chi connectivity index (χ1) is 6.27. The number of anilines is 1. The molecule has 3 nitrogen and oxygen atoms in total. The van der Waals surface area contributed by atoms with Gasteiger partial charge in [0.05, 0.1) is 5.69 Å². The largest absolute Gasteiger partial charge is 0.343 e. The van der Waals surface area contributed by atoms with Crippen LogP contribution in [0.15, 0.2) is 5.38 Å². The highest BCUT2D eigenvalue weighted by atomic mass is 32.1. The molecule has 1 N–H and O–H groups in total. The summed E-state index contributed by atoms with van der Waals surface area (Å²) in [6, 6.07) is 0.569. The smallest absolute Gasteiger partial charge is 0.185 e. The van der Waals surface area contributed by atoms with Crippen LogP contribution in [-0.4, -0.2) is 30.7 Å². The summed E-state index contributed by atoms with van der Waals surface area (Å²) >= 11 is 1.75. The molecule has 1 saturated heterocycles. The summed E-state index contributed by atoms with van der Waals surface area (Å²) in [7, 11) is 0. The zero-order valence-corrected chi connectivity index (χ0v) is 8.90.